The molecular weight excluding hydrogens is 480 g/mol. The number of rotatable bonds is 3. The lowest BCUT2D eigenvalue weighted by atomic mass is 9.58. The number of carbonyl (C=O) groups is 3. The number of amides is 1. The van der Waals surface area contributed by atoms with Crippen molar-refractivity contribution in [1.82, 2.24) is 4.90 Å². The van der Waals surface area contributed by atoms with Crippen LogP contribution in [-0.4, -0.2) is 82.6 Å². The Kier molecular flexibility index (Phi) is 6.34. The third-order valence-electron chi connectivity index (χ3n) is 7.21. The summed E-state index contributed by atoms with van der Waals surface area (Å²) in [5.74, 6) is -6.95. The molecule has 4 atom stereocenters. The van der Waals surface area contributed by atoms with Crippen LogP contribution in [0.25, 0.3) is 0 Å². The smallest absolute Gasteiger partial charge is 0.255 e. The Hall–Kier alpha value is -3.28. The van der Waals surface area contributed by atoms with Gasteiger partial charge in [0.15, 0.2) is 11.4 Å². The van der Waals surface area contributed by atoms with E-state index < -0.39 is 63.8 Å². The minimum atomic E-state index is -2.66. The van der Waals surface area contributed by atoms with Crippen molar-refractivity contribution in [3.05, 3.63) is 39.9 Å². The van der Waals surface area contributed by atoms with E-state index in [1.54, 1.807) is 39.2 Å². The number of hydrogen-bond acceptors (Lipinski definition) is 10. The number of aliphatic hydroxyl groups is 3. The van der Waals surface area contributed by atoms with Gasteiger partial charge >= 0.3 is 0 Å². The number of Topliss-reactive ketones (excluding diaryl/α,β-unsaturated/α-hetero) is 2. The van der Waals surface area contributed by atoms with Gasteiger partial charge in [-0.2, -0.15) is 0 Å². The van der Waals surface area contributed by atoms with Gasteiger partial charge in [-0.05, 0) is 44.5 Å². The van der Waals surface area contributed by atoms with E-state index in [9.17, 15) is 34.8 Å². The molecule has 0 radical (unpaired) electrons. The molecule has 12 heteroatoms. The van der Waals surface area contributed by atoms with Crippen LogP contribution < -0.4 is 16.4 Å². The molecule has 0 bridgehead atoms. The second-order valence-electron chi connectivity index (χ2n) is 9.54. The molecular formula is C23H29ClN4O7. The van der Waals surface area contributed by atoms with Crippen LogP contribution >= 0.6 is 12.4 Å². The van der Waals surface area contributed by atoms with Gasteiger partial charge in [-0.1, -0.05) is 0 Å². The normalized spacial score (nSPS) is 27.8. The highest BCUT2D eigenvalue weighted by Crippen LogP contribution is 2.53. The monoisotopic (exact) mass is 508 g/mol. The Balaban J connectivity index is 0.00000342. The summed E-state index contributed by atoms with van der Waals surface area (Å²) in [6, 6.07) is 0.522. The zero-order valence-corrected chi connectivity index (χ0v) is 20.5. The van der Waals surface area contributed by atoms with E-state index in [4.69, 9.17) is 11.5 Å². The van der Waals surface area contributed by atoms with Gasteiger partial charge in [0.1, 0.15) is 22.8 Å². The van der Waals surface area contributed by atoms with Crippen LogP contribution in [0, 0.1) is 11.8 Å². The number of hydrogen-bond donors (Lipinski definition) is 6. The average Bonchev–Trinajstić information content (AvgIpc) is 2.72. The quantitative estimate of drug-likeness (QED) is 0.186. The predicted octanol–water partition coefficient (Wildman–Crippen LogP) is 0.191. The fourth-order valence-corrected chi connectivity index (χ4v) is 5.72. The summed E-state index contributed by atoms with van der Waals surface area (Å²) in [5, 5.41) is 44.2. The Morgan fingerprint density at radius 2 is 1.74 bits per heavy atom. The number of aromatic hydroxyl groups is 1. The molecule has 0 aromatic heterocycles. The summed E-state index contributed by atoms with van der Waals surface area (Å²) in [5.41, 5.74) is 8.51. The lowest BCUT2D eigenvalue weighted by Gasteiger charge is -2.50. The van der Waals surface area contributed by atoms with E-state index in [0.29, 0.717) is 11.3 Å². The maximum atomic E-state index is 13.6. The van der Waals surface area contributed by atoms with Crippen LogP contribution in [0.3, 0.4) is 0 Å². The van der Waals surface area contributed by atoms with Crippen LogP contribution in [0.4, 0.5) is 11.4 Å². The summed E-state index contributed by atoms with van der Waals surface area (Å²) in [4.78, 5) is 42.1. The standard InChI is InChI=1S/C23H28N4O7.ClH/c1-26(2)12-7-11(24)17(28)14-9(12)5-8-6-10-16(27(3)4)19(30)15(22(25)33)21(32)23(10,34)20(31)13(8)18(14)29;/h7-8,10,16,28,30-31,34H,5-6,24H2,1-4H3,(H2,25,33);1H. The van der Waals surface area contributed by atoms with E-state index in [2.05, 4.69) is 0 Å². The van der Waals surface area contributed by atoms with Crippen molar-refractivity contribution in [2.75, 3.05) is 38.8 Å². The van der Waals surface area contributed by atoms with Gasteiger partial charge in [-0.25, -0.2) is 0 Å². The number of benzene rings is 1. The fraction of sp³-hybridized carbons (Fsp3) is 0.435. The number of nitrogens with zero attached hydrogens (tertiary/aromatic N) is 2. The Morgan fingerprint density at radius 1 is 1.14 bits per heavy atom. The molecule has 0 saturated carbocycles. The SMILES string of the molecule is CN(C)c1cc(N)c(O)c2c1CC1CC3C(N(C)C)C(O)=C(C(N)=O)C(=O)C3(O)C(O)=C1C2=O.Cl. The second kappa shape index (κ2) is 8.43. The first-order valence-electron chi connectivity index (χ1n) is 10.7. The molecule has 4 unspecified atom stereocenters. The number of fused-ring (bicyclic) bond motifs is 3. The first kappa shape index (κ1) is 26.3. The molecule has 0 fully saturated rings. The fourth-order valence-electron chi connectivity index (χ4n) is 5.72. The number of ketones is 2. The number of phenols is 1. The molecule has 0 aliphatic heterocycles. The van der Waals surface area contributed by atoms with Crippen molar-refractivity contribution in [2.24, 2.45) is 17.6 Å². The number of nitrogen functional groups attached to an aromatic ring is 1. The third-order valence-corrected chi connectivity index (χ3v) is 7.21. The van der Waals surface area contributed by atoms with Crippen molar-refractivity contribution in [2.45, 2.75) is 24.5 Å². The van der Waals surface area contributed by atoms with Crippen LogP contribution in [0.2, 0.25) is 0 Å². The van der Waals surface area contributed by atoms with Gasteiger partial charge in [0, 0.05) is 31.3 Å². The summed E-state index contributed by atoms with van der Waals surface area (Å²) < 4.78 is 0. The number of likely N-dealkylation sites (N-methyl/N-ethyl adjacent to an activating group) is 1. The van der Waals surface area contributed by atoms with Crippen molar-refractivity contribution in [3.63, 3.8) is 0 Å². The number of aliphatic hydroxyl groups excluding tert-OH is 2. The molecule has 0 saturated heterocycles. The highest BCUT2D eigenvalue weighted by Gasteiger charge is 2.63. The molecule has 11 nitrogen and oxygen atoms in total. The van der Waals surface area contributed by atoms with Gasteiger partial charge in [-0.3, -0.25) is 19.3 Å². The summed E-state index contributed by atoms with van der Waals surface area (Å²) in [7, 11) is 6.68. The largest absolute Gasteiger partial charge is 0.510 e. The molecule has 35 heavy (non-hydrogen) atoms. The van der Waals surface area contributed by atoms with Crippen molar-refractivity contribution in [3.8, 4) is 5.75 Å². The first-order valence-corrected chi connectivity index (χ1v) is 10.7. The van der Waals surface area contributed by atoms with Gasteiger partial charge in [-0.15, -0.1) is 12.4 Å². The van der Waals surface area contributed by atoms with E-state index in [1.807, 2.05) is 0 Å². The summed E-state index contributed by atoms with van der Waals surface area (Å²) in [6.07, 6.45) is 0.236. The summed E-state index contributed by atoms with van der Waals surface area (Å²) >= 11 is 0. The topological polar surface area (TPSA) is 191 Å². The van der Waals surface area contributed by atoms with Crippen molar-refractivity contribution < 1.29 is 34.8 Å². The number of halogens is 1. The highest BCUT2D eigenvalue weighted by atomic mass is 35.5. The van der Waals surface area contributed by atoms with Crippen molar-refractivity contribution >= 4 is 41.3 Å². The van der Waals surface area contributed by atoms with E-state index in [-0.39, 0.29) is 42.1 Å². The van der Waals surface area contributed by atoms with Gasteiger partial charge in [0.2, 0.25) is 5.78 Å². The zero-order chi connectivity index (χ0) is 25.4. The number of carbonyl (C=O) groups excluding carboxylic acids is 3. The molecule has 0 spiro atoms. The van der Waals surface area contributed by atoms with E-state index >= 15 is 0 Å². The Bertz CT molecular complexity index is 1220. The van der Waals surface area contributed by atoms with E-state index in [0.717, 1.165) is 0 Å². The number of anilines is 2. The number of phenolic OH excluding ortho intramolecular Hbond substituents is 1. The van der Waals surface area contributed by atoms with Crippen LogP contribution in [0.1, 0.15) is 22.3 Å². The van der Waals surface area contributed by atoms with Gasteiger partial charge < -0.3 is 36.8 Å². The van der Waals surface area contributed by atoms with Crippen LogP contribution in [-0.2, 0) is 16.0 Å². The molecule has 1 aromatic rings. The molecule has 0 heterocycles. The molecule has 190 valence electrons. The van der Waals surface area contributed by atoms with Crippen molar-refractivity contribution in [1.29, 1.82) is 0 Å². The molecule has 8 N–H and O–H groups in total. The lowest BCUT2D eigenvalue weighted by molar-refractivity contribution is -0.148. The third kappa shape index (κ3) is 3.37. The number of nitrogens with two attached hydrogens (primary N) is 2. The molecule has 3 aliphatic rings. The van der Waals surface area contributed by atoms with Crippen LogP contribution in [0.15, 0.2) is 28.7 Å². The number of allylic oxidation sites excluding steroid dienone is 1. The van der Waals surface area contributed by atoms with Crippen LogP contribution in [0.5, 0.6) is 5.75 Å². The highest BCUT2D eigenvalue weighted by molar-refractivity contribution is 6.25. The molecule has 1 amide bonds. The number of primary amides is 1. The zero-order valence-electron chi connectivity index (χ0n) is 19.7. The Morgan fingerprint density at radius 3 is 2.26 bits per heavy atom. The Labute approximate surface area is 207 Å². The molecule has 4 rings (SSSR count). The minimum absolute atomic E-state index is 0. The summed E-state index contributed by atoms with van der Waals surface area (Å²) in [6.45, 7) is 0. The molecule has 1 aromatic carbocycles. The maximum absolute atomic E-state index is 13.6. The second-order valence-corrected chi connectivity index (χ2v) is 9.54. The van der Waals surface area contributed by atoms with Gasteiger partial charge in [0.25, 0.3) is 5.91 Å². The average molecular weight is 509 g/mol. The lowest BCUT2D eigenvalue weighted by Crippen LogP contribution is -2.63. The van der Waals surface area contributed by atoms with Gasteiger partial charge in [0.05, 0.1) is 17.3 Å². The first-order chi connectivity index (χ1) is 15.7. The maximum Gasteiger partial charge on any atom is 0.255 e. The van der Waals surface area contributed by atoms with E-state index in [1.165, 1.54) is 4.90 Å². The molecule has 3 aliphatic carbocycles. The minimum Gasteiger partial charge on any atom is -0.510 e. The predicted molar refractivity (Wildman–Crippen MR) is 130 cm³/mol.